The first-order valence-corrected chi connectivity index (χ1v) is 7.87. The molecule has 1 aliphatic rings. The van der Waals surface area contributed by atoms with Crippen LogP contribution in [0.4, 0.5) is 10.2 Å². The van der Waals surface area contributed by atoms with Crippen LogP contribution in [0.2, 0.25) is 0 Å². The standard InChI is InChI=1S/C18H16FN5/c19-16-4-2-1-3-12(16)5-6-13-9-15-17(23-13)21-11-22-18(15)24-14-7-8-20-10-14/h1-4,9,11,14,20H,7-8,10H2,(H2,21,22,23,24)/t14-/m1/s1. The highest BCUT2D eigenvalue weighted by atomic mass is 19.1. The lowest BCUT2D eigenvalue weighted by Crippen LogP contribution is -2.22. The normalized spacial score (nSPS) is 16.8. The van der Waals surface area contributed by atoms with Gasteiger partial charge in [-0.15, -0.1) is 0 Å². The number of benzene rings is 1. The molecule has 6 heteroatoms. The first kappa shape index (κ1) is 14.7. The molecule has 0 spiro atoms. The van der Waals surface area contributed by atoms with Crippen LogP contribution in [0.25, 0.3) is 11.0 Å². The zero-order valence-electron chi connectivity index (χ0n) is 12.9. The second-order valence-electron chi connectivity index (χ2n) is 5.73. The van der Waals surface area contributed by atoms with Crippen molar-refractivity contribution in [3.8, 4) is 11.8 Å². The van der Waals surface area contributed by atoms with Crippen molar-refractivity contribution >= 4 is 16.9 Å². The maximum atomic E-state index is 13.6. The van der Waals surface area contributed by atoms with Crippen LogP contribution in [0.3, 0.4) is 0 Å². The molecule has 2 aromatic heterocycles. The number of hydrogen-bond donors (Lipinski definition) is 3. The van der Waals surface area contributed by atoms with Gasteiger partial charge in [0.05, 0.1) is 16.6 Å². The molecule has 0 radical (unpaired) electrons. The molecular formula is C18H16FN5. The summed E-state index contributed by atoms with van der Waals surface area (Å²) in [6.07, 6.45) is 2.59. The van der Waals surface area contributed by atoms with Gasteiger partial charge in [0.1, 0.15) is 23.6 Å². The van der Waals surface area contributed by atoms with Crippen LogP contribution in [-0.4, -0.2) is 34.1 Å². The van der Waals surface area contributed by atoms with Gasteiger partial charge in [-0.3, -0.25) is 0 Å². The molecular weight excluding hydrogens is 305 g/mol. The van der Waals surface area contributed by atoms with Gasteiger partial charge < -0.3 is 15.6 Å². The summed E-state index contributed by atoms with van der Waals surface area (Å²) in [5, 5.41) is 7.65. The van der Waals surface area contributed by atoms with E-state index in [1.165, 1.54) is 12.4 Å². The molecule has 0 amide bonds. The van der Waals surface area contributed by atoms with E-state index < -0.39 is 0 Å². The number of nitrogens with zero attached hydrogens (tertiary/aromatic N) is 2. The molecule has 3 aromatic rings. The molecule has 5 nitrogen and oxygen atoms in total. The molecule has 24 heavy (non-hydrogen) atoms. The minimum Gasteiger partial charge on any atom is -0.365 e. The SMILES string of the molecule is Fc1ccccc1C#Cc1cc2c(N[C@@H]3CCNC3)ncnc2[nH]1. The number of rotatable bonds is 2. The molecule has 1 saturated heterocycles. The highest BCUT2D eigenvalue weighted by Crippen LogP contribution is 2.21. The molecule has 1 aliphatic heterocycles. The first-order valence-electron chi connectivity index (χ1n) is 7.87. The Hall–Kier alpha value is -2.91. The van der Waals surface area contributed by atoms with Gasteiger partial charge in [0.2, 0.25) is 0 Å². The molecule has 0 bridgehead atoms. The summed E-state index contributed by atoms with van der Waals surface area (Å²) >= 11 is 0. The summed E-state index contributed by atoms with van der Waals surface area (Å²) in [6.45, 7) is 1.94. The quantitative estimate of drug-likeness (QED) is 0.634. The number of aromatic nitrogens is 3. The van der Waals surface area contributed by atoms with Crippen LogP contribution < -0.4 is 10.6 Å². The minimum absolute atomic E-state index is 0.322. The fourth-order valence-electron chi connectivity index (χ4n) is 2.79. The van der Waals surface area contributed by atoms with Gasteiger partial charge in [-0.1, -0.05) is 18.1 Å². The zero-order chi connectivity index (χ0) is 16.4. The van der Waals surface area contributed by atoms with Crippen molar-refractivity contribution in [2.24, 2.45) is 0 Å². The molecule has 3 heterocycles. The summed E-state index contributed by atoms with van der Waals surface area (Å²) < 4.78 is 13.6. The van der Waals surface area contributed by atoms with Crippen LogP contribution in [0, 0.1) is 17.7 Å². The maximum Gasteiger partial charge on any atom is 0.143 e. The third kappa shape index (κ3) is 2.94. The van der Waals surface area contributed by atoms with Crippen LogP contribution in [0.1, 0.15) is 17.7 Å². The van der Waals surface area contributed by atoms with E-state index in [0.717, 1.165) is 36.4 Å². The number of nitrogens with one attached hydrogen (secondary N) is 3. The average molecular weight is 321 g/mol. The third-order valence-electron chi connectivity index (χ3n) is 4.03. The summed E-state index contributed by atoms with van der Waals surface area (Å²) in [7, 11) is 0. The Morgan fingerprint density at radius 2 is 2.12 bits per heavy atom. The Kier molecular flexibility index (Phi) is 3.85. The van der Waals surface area contributed by atoms with E-state index in [4.69, 9.17) is 0 Å². The third-order valence-corrected chi connectivity index (χ3v) is 4.03. The van der Waals surface area contributed by atoms with Crippen molar-refractivity contribution in [3.05, 3.63) is 53.7 Å². The number of anilines is 1. The van der Waals surface area contributed by atoms with E-state index in [9.17, 15) is 4.39 Å². The van der Waals surface area contributed by atoms with Crippen molar-refractivity contribution < 1.29 is 4.39 Å². The molecule has 1 aromatic carbocycles. The van der Waals surface area contributed by atoms with E-state index in [0.29, 0.717) is 17.3 Å². The average Bonchev–Trinajstić information content (AvgIpc) is 3.24. The molecule has 1 fully saturated rings. The van der Waals surface area contributed by atoms with E-state index in [1.807, 2.05) is 6.07 Å². The van der Waals surface area contributed by atoms with Gasteiger partial charge in [-0.25, -0.2) is 14.4 Å². The Labute approximate surface area is 138 Å². The number of H-pyrrole nitrogens is 1. The maximum absolute atomic E-state index is 13.6. The van der Waals surface area contributed by atoms with Gasteiger partial charge >= 0.3 is 0 Å². The van der Waals surface area contributed by atoms with E-state index >= 15 is 0 Å². The van der Waals surface area contributed by atoms with Gasteiger partial charge in [0.15, 0.2) is 0 Å². The Balaban J connectivity index is 1.65. The van der Waals surface area contributed by atoms with Gasteiger partial charge in [0.25, 0.3) is 0 Å². The smallest absolute Gasteiger partial charge is 0.143 e. The van der Waals surface area contributed by atoms with Crippen molar-refractivity contribution in [1.82, 2.24) is 20.3 Å². The van der Waals surface area contributed by atoms with E-state index in [1.54, 1.807) is 18.2 Å². The summed E-state index contributed by atoms with van der Waals surface area (Å²) in [6, 6.07) is 8.74. The molecule has 120 valence electrons. The molecule has 1 atom stereocenters. The lowest BCUT2D eigenvalue weighted by atomic mass is 10.2. The van der Waals surface area contributed by atoms with Gasteiger partial charge in [0, 0.05) is 12.6 Å². The number of aromatic amines is 1. The van der Waals surface area contributed by atoms with Gasteiger partial charge in [-0.05, 0) is 37.1 Å². The summed E-state index contributed by atoms with van der Waals surface area (Å²) in [4.78, 5) is 11.7. The molecule has 0 aliphatic carbocycles. The van der Waals surface area contributed by atoms with Crippen LogP contribution in [0.5, 0.6) is 0 Å². The molecule has 0 unspecified atom stereocenters. The lowest BCUT2D eigenvalue weighted by molar-refractivity contribution is 0.624. The number of fused-ring (bicyclic) bond motifs is 1. The number of hydrogen-bond acceptors (Lipinski definition) is 4. The highest BCUT2D eigenvalue weighted by molar-refractivity contribution is 5.88. The second-order valence-corrected chi connectivity index (χ2v) is 5.73. The highest BCUT2D eigenvalue weighted by Gasteiger charge is 2.16. The van der Waals surface area contributed by atoms with Crippen molar-refractivity contribution in [3.63, 3.8) is 0 Å². The van der Waals surface area contributed by atoms with Gasteiger partial charge in [-0.2, -0.15) is 0 Å². The molecule has 0 saturated carbocycles. The van der Waals surface area contributed by atoms with Crippen LogP contribution in [-0.2, 0) is 0 Å². The topological polar surface area (TPSA) is 65.6 Å². The lowest BCUT2D eigenvalue weighted by Gasteiger charge is -2.11. The minimum atomic E-state index is -0.322. The Bertz CT molecular complexity index is 931. The van der Waals surface area contributed by atoms with E-state index in [2.05, 4.69) is 37.4 Å². The fraction of sp³-hybridized carbons (Fsp3) is 0.222. The van der Waals surface area contributed by atoms with Crippen LogP contribution in [0.15, 0.2) is 36.7 Å². The fourth-order valence-corrected chi connectivity index (χ4v) is 2.79. The van der Waals surface area contributed by atoms with E-state index in [-0.39, 0.29) is 5.82 Å². The largest absolute Gasteiger partial charge is 0.365 e. The Morgan fingerprint density at radius 1 is 1.21 bits per heavy atom. The second kappa shape index (κ2) is 6.30. The molecule has 3 N–H and O–H groups in total. The van der Waals surface area contributed by atoms with Crippen LogP contribution >= 0.6 is 0 Å². The first-order chi connectivity index (χ1) is 11.8. The van der Waals surface area contributed by atoms with Crippen molar-refractivity contribution in [1.29, 1.82) is 0 Å². The number of halogens is 1. The van der Waals surface area contributed by atoms with Crippen molar-refractivity contribution in [2.45, 2.75) is 12.5 Å². The van der Waals surface area contributed by atoms with Crippen molar-refractivity contribution in [2.75, 3.05) is 18.4 Å². The Morgan fingerprint density at radius 3 is 2.96 bits per heavy atom. The predicted octanol–water partition coefficient (Wildman–Crippen LogP) is 2.27. The summed E-state index contributed by atoms with van der Waals surface area (Å²) in [5.74, 6) is 6.28. The predicted molar refractivity (Wildman–Crippen MR) is 91.2 cm³/mol. The molecule has 4 rings (SSSR count). The zero-order valence-corrected chi connectivity index (χ0v) is 12.9. The summed E-state index contributed by atoms with van der Waals surface area (Å²) in [5.41, 5.74) is 1.77. The monoisotopic (exact) mass is 321 g/mol.